The molecule has 1 N–H and O–H groups in total. The number of benzene rings is 1. The predicted molar refractivity (Wildman–Crippen MR) is 111 cm³/mol. The normalized spacial score (nSPS) is 10.8. The van der Waals surface area contributed by atoms with Crippen molar-refractivity contribution in [2.24, 2.45) is 7.05 Å². The molecule has 3 heterocycles. The summed E-state index contributed by atoms with van der Waals surface area (Å²) in [5, 5.41) is 3.30. The van der Waals surface area contributed by atoms with E-state index in [2.05, 4.69) is 15.3 Å². The van der Waals surface area contributed by atoms with Crippen molar-refractivity contribution < 1.29 is 14.2 Å². The number of aromatic nitrogens is 4. The molecule has 0 bridgehead atoms. The zero-order valence-corrected chi connectivity index (χ0v) is 16.6. The van der Waals surface area contributed by atoms with E-state index in [1.807, 2.05) is 41.9 Å². The van der Waals surface area contributed by atoms with Gasteiger partial charge in [-0.1, -0.05) is 0 Å². The maximum absolute atomic E-state index is 5.41. The van der Waals surface area contributed by atoms with E-state index in [-0.39, 0.29) is 0 Å². The first-order valence-electron chi connectivity index (χ1n) is 8.94. The van der Waals surface area contributed by atoms with Crippen LogP contribution in [0.3, 0.4) is 0 Å². The quantitative estimate of drug-likeness (QED) is 0.535. The third-order valence-electron chi connectivity index (χ3n) is 4.64. The Kier molecular flexibility index (Phi) is 4.90. The number of fused-ring (bicyclic) bond motifs is 1. The highest BCUT2D eigenvalue weighted by molar-refractivity contribution is 5.83. The SMILES string of the molecule is COc1cc(Nc2cc3c(cn2)nc(-c2ccncc2)n3C)cc(OC)c1OC. The fraction of sp³-hybridized carbons (Fsp3) is 0.190. The highest BCUT2D eigenvalue weighted by atomic mass is 16.5. The van der Waals surface area contributed by atoms with Crippen LogP contribution in [0.4, 0.5) is 11.5 Å². The average molecular weight is 391 g/mol. The van der Waals surface area contributed by atoms with Crippen molar-refractivity contribution in [1.82, 2.24) is 19.5 Å². The number of rotatable bonds is 6. The van der Waals surface area contributed by atoms with Crippen molar-refractivity contribution in [2.45, 2.75) is 0 Å². The van der Waals surface area contributed by atoms with E-state index in [1.54, 1.807) is 39.9 Å². The second-order valence-corrected chi connectivity index (χ2v) is 6.33. The highest BCUT2D eigenvalue weighted by Crippen LogP contribution is 2.40. The fourth-order valence-corrected chi connectivity index (χ4v) is 3.22. The van der Waals surface area contributed by atoms with Gasteiger partial charge in [0.05, 0.1) is 33.0 Å². The van der Waals surface area contributed by atoms with Gasteiger partial charge < -0.3 is 24.1 Å². The van der Waals surface area contributed by atoms with Crippen molar-refractivity contribution in [3.05, 3.63) is 48.9 Å². The summed E-state index contributed by atoms with van der Waals surface area (Å²) in [5.74, 6) is 3.20. The number of pyridine rings is 2. The van der Waals surface area contributed by atoms with Gasteiger partial charge in [0.2, 0.25) is 5.75 Å². The molecule has 0 fully saturated rings. The molecule has 8 heteroatoms. The molecule has 148 valence electrons. The first kappa shape index (κ1) is 18.5. The Morgan fingerprint density at radius 3 is 2.24 bits per heavy atom. The number of hydrogen-bond acceptors (Lipinski definition) is 7. The average Bonchev–Trinajstić information content (AvgIpc) is 3.09. The summed E-state index contributed by atoms with van der Waals surface area (Å²) >= 11 is 0. The molecule has 0 saturated heterocycles. The van der Waals surface area contributed by atoms with Gasteiger partial charge >= 0.3 is 0 Å². The Balaban J connectivity index is 1.72. The van der Waals surface area contributed by atoms with Gasteiger partial charge in [0.25, 0.3) is 0 Å². The molecule has 29 heavy (non-hydrogen) atoms. The summed E-state index contributed by atoms with van der Waals surface area (Å²) in [6.45, 7) is 0. The molecule has 0 radical (unpaired) electrons. The zero-order valence-electron chi connectivity index (χ0n) is 16.6. The van der Waals surface area contributed by atoms with Crippen molar-refractivity contribution >= 4 is 22.5 Å². The number of nitrogens with zero attached hydrogens (tertiary/aromatic N) is 4. The summed E-state index contributed by atoms with van der Waals surface area (Å²) in [6.07, 6.45) is 5.26. The van der Waals surface area contributed by atoms with Crippen LogP contribution in [0.25, 0.3) is 22.4 Å². The van der Waals surface area contributed by atoms with Crippen LogP contribution < -0.4 is 19.5 Å². The molecule has 4 aromatic rings. The molecule has 4 rings (SSSR count). The van der Waals surface area contributed by atoms with E-state index in [0.717, 1.165) is 28.1 Å². The van der Waals surface area contributed by atoms with Crippen LogP contribution in [0.2, 0.25) is 0 Å². The number of hydrogen-bond donors (Lipinski definition) is 1. The molecule has 0 aliphatic rings. The molecule has 3 aromatic heterocycles. The maximum atomic E-state index is 5.41. The number of nitrogens with one attached hydrogen (secondary N) is 1. The number of ether oxygens (including phenoxy) is 3. The first-order chi connectivity index (χ1) is 14.1. The van der Waals surface area contributed by atoms with Crippen LogP contribution in [0.15, 0.2) is 48.9 Å². The molecular weight excluding hydrogens is 370 g/mol. The monoisotopic (exact) mass is 391 g/mol. The van der Waals surface area contributed by atoms with Gasteiger partial charge in [0.15, 0.2) is 11.5 Å². The van der Waals surface area contributed by atoms with Crippen molar-refractivity contribution in [3.63, 3.8) is 0 Å². The summed E-state index contributed by atoms with van der Waals surface area (Å²) in [7, 11) is 6.73. The summed E-state index contributed by atoms with van der Waals surface area (Å²) in [5.41, 5.74) is 3.54. The minimum Gasteiger partial charge on any atom is -0.493 e. The smallest absolute Gasteiger partial charge is 0.203 e. The molecule has 0 amide bonds. The Hall–Kier alpha value is -3.81. The summed E-state index contributed by atoms with van der Waals surface area (Å²) in [6, 6.07) is 9.49. The van der Waals surface area contributed by atoms with E-state index in [0.29, 0.717) is 23.1 Å². The largest absolute Gasteiger partial charge is 0.493 e. The van der Waals surface area contributed by atoms with Gasteiger partial charge in [-0.2, -0.15) is 0 Å². The second kappa shape index (κ2) is 7.67. The molecule has 0 unspecified atom stereocenters. The topological polar surface area (TPSA) is 83.3 Å². The van der Waals surface area contributed by atoms with Gasteiger partial charge in [-0.05, 0) is 12.1 Å². The van der Waals surface area contributed by atoms with Gasteiger partial charge in [0.1, 0.15) is 17.2 Å². The third-order valence-corrected chi connectivity index (χ3v) is 4.64. The van der Waals surface area contributed by atoms with E-state index in [9.17, 15) is 0 Å². The summed E-state index contributed by atoms with van der Waals surface area (Å²) in [4.78, 5) is 13.3. The first-order valence-corrected chi connectivity index (χ1v) is 8.94. The van der Waals surface area contributed by atoms with Crippen molar-refractivity contribution in [2.75, 3.05) is 26.6 Å². The van der Waals surface area contributed by atoms with Crippen molar-refractivity contribution in [3.8, 4) is 28.6 Å². The minimum absolute atomic E-state index is 0.539. The lowest BCUT2D eigenvalue weighted by Crippen LogP contribution is -1.99. The third kappa shape index (κ3) is 3.40. The zero-order chi connectivity index (χ0) is 20.4. The van der Waals surface area contributed by atoms with Crippen LogP contribution in [0, 0.1) is 0 Å². The minimum atomic E-state index is 0.539. The van der Waals surface area contributed by atoms with Gasteiger partial charge in [-0.15, -0.1) is 0 Å². The molecule has 0 aliphatic heterocycles. The van der Waals surface area contributed by atoms with E-state index < -0.39 is 0 Å². The predicted octanol–water partition coefficient (Wildman–Crippen LogP) is 3.80. The molecule has 0 aliphatic carbocycles. The fourth-order valence-electron chi connectivity index (χ4n) is 3.22. The molecule has 1 aromatic carbocycles. The Morgan fingerprint density at radius 2 is 1.62 bits per heavy atom. The highest BCUT2D eigenvalue weighted by Gasteiger charge is 2.15. The van der Waals surface area contributed by atoms with E-state index in [1.165, 1.54) is 0 Å². The lowest BCUT2D eigenvalue weighted by Gasteiger charge is -2.15. The van der Waals surface area contributed by atoms with Crippen LogP contribution in [-0.4, -0.2) is 40.8 Å². The molecule has 0 atom stereocenters. The lowest BCUT2D eigenvalue weighted by atomic mass is 10.2. The number of anilines is 2. The molecule has 0 spiro atoms. The van der Waals surface area contributed by atoms with Gasteiger partial charge in [0, 0.05) is 48.9 Å². The Bertz CT molecular complexity index is 1130. The van der Waals surface area contributed by atoms with Crippen LogP contribution in [0.1, 0.15) is 0 Å². The lowest BCUT2D eigenvalue weighted by molar-refractivity contribution is 0.324. The number of imidazole rings is 1. The molecular formula is C21H21N5O3. The molecule has 8 nitrogen and oxygen atoms in total. The number of methoxy groups -OCH3 is 3. The van der Waals surface area contributed by atoms with Crippen LogP contribution in [0.5, 0.6) is 17.2 Å². The van der Waals surface area contributed by atoms with Crippen molar-refractivity contribution in [1.29, 1.82) is 0 Å². The molecule has 0 saturated carbocycles. The van der Waals surface area contributed by atoms with E-state index >= 15 is 0 Å². The Labute approximate surface area is 168 Å². The van der Waals surface area contributed by atoms with Crippen LogP contribution in [-0.2, 0) is 7.05 Å². The second-order valence-electron chi connectivity index (χ2n) is 6.33. The van der Waals surface area contributed by atoms with E-state index in [4.69, 9.17) is 19.2 Å². The van der Waals surface area contributed by atoms with Gasteiger partial charge in [-0.25, -0.2) is 9.97 Å². The Morgan fingerprint density at radius 1 is 0.931 bits per heavy atom. The van der Waals surface area contributed by atoms with Gasteiger partial charge in [-0.3, -0.25) is 4.98 Å². The summed E-state index contributed by atoms with van der Waals surface area (Å²) < 4.78 is 18.2. The maximum Gasteiger partial charge on any atom is 0.203 e. The van der Waals surface area contributed by atoms with Crippen LogP contribution >= 0.6 is 0 Å². The number of aryl methyl sites for hydroxylation is 1. The standard InChI is InChI=1S/C21H21N5O3/c1-26-16-11-19(23-12-15(16)25-21(26)13-5-7-22-8-6-13)24-14-9-17(27-2)20(29-4)18(10-14)28-3/h5-12H,1-4H3,(H,23,24).